The minimum Gasteiger partial charge on any atom is -0.494 e. The zero-order chi connectivity index (χ0) is 12.3. The van der Waals surface area contributed by atoms with Crippen molar-refractivity contribution in [3.63, 3.8) is 0 Å². The smallest absolute Gasteiger partial charge is 0.272 e. The monoisotopic (exact) mass is 236 g/mol. The molecular formula is C12H16N2O3. The number of nitro groups is 1. The van der Waals surface area contributed by atoms with Crippen LogP contribution in [0.15, 0.2) is 18.2 Å². The molecule has 2 rings (SSSR count). The fourth-order valence-corrected chi connectivity index (χ4v) is 1.82. The molecule has 1 aromatic rings. The van der Waals surface area contributed by atoms with Gasteiger partial charge in [-0.25, -0.2) is 0 Å². The maximum absolute atomic E-state index is 10.6. The number of benzene rings is 1. The predicted molar refractivity (Wildman–Crippen MR) is 64.3 cm³/mol. The molecule has 1 N–H and O–H groups in total. The first kappa shape index (κ1) is 11.9. The van der Waals surface area contributed by atoms with Gasteiger partial charge in [0.25, 0.3) is 5.69 Å². The summed E-state index contributed by atoms with van der Waals surface area (Å²) >= 11 is 0. The Balaban J connectivity index is 1.88. The Labute approximate surface area is 99.9 Å². The number of nitrogens with zero attached hydrogens (tertiary/aromatic N) is 1. The third-order valence-electron chi connectivity index (χ3n) is 3.03. The molecule has 1 heterocycles. The average molecular weight is 236 g/mol. The van der Waals surface area contributed by atoms with Crippen LogP contribution in [0.3, 0.4) is 0 Å². The molecule has 0 bridgehead atoms. The molecule has 0 amide bonds. The molecule has 92 valence electrons. The Hall–Kier alpha value is -1.62. The van der Waals surface area contributed by atoms with Crippen LogP contribution in [0.4, 0.5) is 5.69 Å². The first-order chi connectivity index (χ1) is 8.16. The van der Waals surface area contributed by atoms with Gasteiger partial charge in [0.15, 0.2) is 0 Å². The Morgan fingerprint density at radius 3 is 2.82 bits per heavy atom. The van der Waals surface area contributed by atoms with Crippen molar-refractivity contribution in [2.45, 2.75) is 13.3 Å². The normalized spacial score (nSPS) is 15.4. The number of aryl methyl sites for hydroxylation is 1. The number of nitro benzene ring substituents is 1. The van der Waals surface area contributed by atoms with Crippen molar-refractivity contribution in [2.24, 2.45) is 5.92 Å². The molecule has 0 aliphatic carbocycles. The second-order valence-corrected chi connectivity index (χ2v) is 4.37. The first-order valence-corrected chi connectivity index (χ1v) is 5.75. The molecule has 17 heavy (non-hydrogen) atoms. The van der Waals surface area contributed by atoms with Crippen molar-refractivity contribution >= 4 is 5.69 Å². The van der Waals surface area contributed by atoms with Crippen LogP contribution in [0.25, 0.3) is 0 Å². The quantitative estimate of drug-likeness (QED) is 0.626. The second kappa shape index (κ2) is 5.14. The number of nitrogens with one attached hydrogen (secondary N) is 1. The molecule has 1 aliphatic heterocycles. The summed E-state index contributed by atoms with van der Waals surface area (Å²) in [6.45, 7) is 4.54. The summed E-state index contributed by atoms with van der Waals surface area (Å²) in [5.74, 6) is 1.43. The average Bonchev–Trinajstić information content (AvgIpc) is 2.21. The molecule has 5 heteroatoms. The van der Waals surface area contributed by atoms with E-state index in [1.54, 1.807) is 19.1 Å². The third kappa shape index (κ3) is 2.94. The van der Waals surface area contributed by atoms with E-state index in [2.05, 4.69) is 5.32 Å². The first-order valence-electron chi connectivity index (χ1n) is 5.75. The summed E-state index contributed by atoms with van der Waals surface area (Å²) in [4.78, 5) is 10.3. The highest BCUT2D eigenvalue weighted by Gasteiger charge is 2.16. The largest absolute Gasteiger partial charge is 0.494 e. The van der Waals surface area contributed by atoms with Crippen molar-refractivity contribution in [1.29, 1.82) is 0 Å². The van der Waals surface area contributed by atoms with E-state index in [0.717, 1.165) is 19.5 Å². The van der Waals surface area contributed by atoms with Crippen LogP contribution in [0.5, 0.6) is 5.75 Å². The van der Waals surface area contributed by atoms with Gasteiger partial charge < -0.3 is 10.1 Å². The van der Waals surface area contributed by atoms with E-state index in [4.69, 9.17) is 4.74 Å². The molecule has 0 radical (unpaired) electrons. The van der Waals surface area contributed by atoms with E-state index >= 15 is 0 Å². The van der Waals surface area contributed by atoms with Gasteiger partial charge in [-0.3, -0.25) is 10.1 Å². The highest BCUT2D eigenvalue weighted by Crippen LogP contribution is 2.23. The number of hydrogen-bond donors (Lipinski definition) is 1. The van der Waals surface area contributed by atoms with Crippen LogP contribution >= 0.6 is 0 Å². The summed E-state index contributed by atoms with van der Waals surface area (Å²) in [5, 5.41) is 13.8. The fourth-order valence-electron chi connectivity index (χ4n) is 1.82. The van der Waals surface area contributed by atoms with Gasteiger partial charge >= 0.3 is 0 Å². The van der Waals surface area contributed by atoms with Gasteiger partial charge in [0.1, 0.15) is 5.75 Å². The van der Waals surface area contributed by atoms with Gasteiger partial charge in [-0.1, -0.05) is 0 Å². The molecule has 0 saturated carbocycles. The zero-order valence-corrected chi connectivity index (χ0v) is 9.81. The minimum atomic E-state index is -0.376. The lowest BCUT2D eigenvalue weighted by atomic mass is 10.0. The lowest BCUT2D eigenvalue weighted by Gasteiger charge is -2.26. The van der Waals surface area contributed by atoms with E-state index < -0.39 is 0 Å². The Bertz CT molecular complexity index is 416. The van der Waals surface area contributed by atoms with Gasteiger partial charge in [0.05, 0.1) is 11.5 Å². The van der Waals surface area contributed by atoms with Gasteiger partial charge in [-0.2, -0.15) is 0 Å². The summed E-state index contributed by atoms with van der Waals surface area (Å²) in [6, 6.07) is 4.87. The van der Waals surface area contributed by atoms with E-state index in [1.165, 1.54) is 6.07 Å². The van der Waals surface area contributed by atoms with Crippen LogP contribution in [-0.4, -0.2) is 24.6 Å². The highest BCUT2D eigenvalue weighted by atomic mass is 16.6. The van der Waals surface area contributed by atoms with Gasteiger partial charge in [-0.15, -0.1) is 0 Å². The molecule has 1 fully saturated rings. The van der Waals surface area contributed by atoms with Crippen LogP contribution < -0.4 is 10.1 Å². The molecule has 0 aromatic heterocycles. The van der Waals surface area contributed by atoms with E-state index in [0.29, 0.717) is 23.8 Å². The van der Waals surface area contributed by atoms with E-state index in [9.17, 15) is 10.1 Å². The Morgan fingerprint density at radius 1 is 1.53 bits per heavy atom. The minimum absolute atomic E-state index is 0.139. The van der Waals surface area contributed by atoms with Crippen LogP contribution in [0.1, 0.15) is 12.0 Å². The maximum Gasteiger partial charge on any atom is 0.272 e. The summed E-state index contributed by atoms with van der Waals surface area (Å²) in [5.41, 5.74) is 0.776. The second-order valence-electron chi connectivity index (χ2n) is 4.37. The van der Waals surface area contributed by atoms with Crippen molar-refractivity contribution in [1.82, 2.24) is 5.32 Å². The molecule has 1 aromatic carbocycles. The molecule has 0 spiro atoms. The molecule has 1 aliphatic rings. The summed E-state index contributed by atoms with van der Waals surface area (Å²) < 4.78 is 5.58. The van der Waals surface area contributed by atoms with Gasteiger partial charge in [0.2, 0.25) is 0 Å². The number of hydrogen-bond acceptors (Lipinski definition) is 4. The highest BCUT2D eigenvalue weighted by molar-refractivity contribution is 5.44. The molecule has 0 atom stereocenters. The lowest BCUT2D eigenvalue weighted by Crippen LogP contribution is -2.42. The molecule has 5 nitrogen and oxygen atoms in total. The number of rotatable bonds is 5. The Kier molecular flexibility index (Phi) is 3.58. The molecule has 1 saturated heterocycles. The van der Waals surface area contributed by atoms with Gasteiger partial charge in [-0.05, 0) is 44.5 Å². The van der Waals surface area contributed by atoms with Crippen molar-refractivity contribution in [3.05, 3.63) is 33.9 Å². The van der Waals surface area contributed by atoms with Crippen molar-refractivity contribution in [3.8, 4) is 5.75 Å². The molecular weight excluding hydrogens is 220 g/mol. The van der Waals surface area contributed by atoms with Crippen molar-refractivity contribution in [2.75, 3.05) is 19.7 Å². The van der Waals surface area contributed by atoms with Crippen LogP contribution in [0.2, 0.25) is 0 Å². The Morgan fingerprint density at radius 2 is 2.29 bits per heavy atom. The van der Waals surface area contributed by atoms with Crippen LogP contribution in [0, 0.1) is 23.0 Å². The number of ether oxygens (including phenoxy) is 1. The van der Waals surface area contributed by atoms with Crippen LogP contribution in [-0.2, 0) is 0 Å². The zero-order valence-electron chi connectivity index (χ0n) is 9.81. The van der Waals surface area contributed by atoms with E-state index in [1.807, 2.05) is 0 Å². The summed E-state index contributed by atoms with van der Waals surface area (Å²) in [6.07, 6.45) is 1.03. The summed E-state index contributed by atoms with van der Waals surface area (Å²) in [7, 11) is 0. The van der Waals surface area contributed by atoms with Gasteiger partial charge in [0, 0.05) is 11.6 Å². The topological polar surface area (TPSA) is 64.4 Å². The predicted octanol–water partition coefficient (Wildman–Crippen LogP) is 1.89. The van der Waals surface area contributed by atoms with E-state index in [-0.39, 0.29) is 10.6 Å². The third-order valence-corrected chi connectivity index (χ3v) is 3.03. The SMILES string of the molecule is Cc1cc(OCCC2CNC2)ccc1[N+](=O)[O-]. The lowest BCUT2D eigenvalue weighted by molar-refractivity contribution is -0.385. The fraction of sp³-hybridized carbons (Fsp3) is 0.500. The maximum atomic E-state index is 10.6. The molecule has 0 unspecified atom stereocenters. The van der Waals surface area contributed by atoms with Crippen molar-refractivity contribution < 1.29 is 9.66 Å². The standard InChI is InChI=1S/C12H16N2O3/c1-9-6-11(2-3-12(9)14(15)16)17-5-4-10-7-13-8-10/h2-3,6,10,13H,4-5,7-8H2,1H3.